The van der Waals surface area contributed by atoms with Crippen LogP contribution in [0.4, 0.5) is 0 Å². The lowest BCUT2D eigenvalue weighted by atomic mass is 9.70. The molecule has 0 unspecified atom stereocenters. The fraction of sp³-hybridized carbons (Fsp3) is 0.600. The average Bonchev–Trinajstić information content (AvgIpc) is 2.57. The number of carbonyl (C=O) groups is 1. The second-order valence-electron chi connectivity index (χ2n) is 4.27. The molecule has 1 aliphatic carbocycles. The summed E-state index contributed by atoms with van der Waals surface area (Å²) in [5.74, 6) is -0.498. The number of hydrogen-bond donors (Lipinski definition) is 2. The van der Waals surface area contributed by atoms with E-state index in [1.807, 2.05) is 0 Å². The molecule has 1 aliphatic rings. The number of carbonyl (C=O) groups excluding carboxylic acids is 1. The van der Waals surface area contributed by atoms with Gasteiger partial charge in [-0.1, -0.05) is 0 Å². The van der Waals surface area contributed by atoms with Crippen molar-refractivity contribution in [2.75, 3.05) is 7.11 Å². The number of aliphatic hydroxyl groups excluding tert-OH is 1. The number of rotatable bonds is 2. The number of aromatic nitrogens is 2. The Hall–Kier alpha value is -1.40. The molecule has 0 saturated heterocycles. The molecule has 0 radical (unpaired) electrons. The van der Waals surface area contributed by atoms with Crippen LogP contribution >= 0.6 is 0 Å². The summed E-state index contributed by atoms with van der Waals surface area (Å²) in [6.45, 7) is 0. The second kappa shape index (κ2) is 3.57. The normalized spacial score (nSPS) is 28.6. The first-order valence-electron chi connectivity index (χ1n) is 5.05. The standard InChI is InChI=1S/C10H15N3O3/c1-13-5-7(8(12-13)9(15)16-2)10(11)3-6(14)4-10/h5-6,14H,3-4,11H2,1-2H3. The predicted molar refractivity (Wildman–Crippen MR) is 55.7 cm³/mol. The number of methoxy groups -OCH3 is 1. The number of ether oxygens (including phenoxy) is 1. The molecule has 88 valence electrons. The smallest absolute Gasteiger partial charge is 0.358 e. The maximum absolute atomic E-state index is 11.5. The Morgan fingerprint density at radius 1 is 1.75 bits per heavy atom. The van der Waals surface area contributed by atoms with Crippen LogP contribution in [0.2, 0.25) is 0 Å². The van der Waals surface area contributed by atoms with Crippen LogP contribution < -0.4 is 5.73 Å². The maximum atomic E-state index is 11.5. The van der Waals surface area contributed by atoms with Gasteiger partial charge in [0.25, 0.3) is 0 Å². The van der Waals surface area contributed by atoms with E-state index in [4.69, 9.17) is 5.73 Å². The molecule has 1 heterocycles. The highest BCUT2D eigenvalue weighted by molar-refractivity contribution is 5.89. The third kappa shape index (κ3) is 1.60. The summed E-state index contributed by atoms with van der Waals surface area (Å²) >= 11 is 0. The predicted octanol–water partition coefficient (Wildman–Crippen LogP) is -0.485. The van der Waals surface area contributed by atoms with E-state index < -0.39 is 17.6 Å². The van der Waals surface area contributed by atoms with Crippen molar-refractivity contribution >= 4 is 5.97 Å². The SMILES string of the molecule is COC(=O)c1nn(C)cc1C1(N)CC(O)C1. The number of aryl methyl sites for hydroxylation is 1. The summed E-state index contributed by atoms with van der Waals surface area (Å²) in [5, 5.41) is 13.4. The molecular weight excluding hydrogens is 210 g/mol. The van der Waals surface area contributed by atoms with Crippen molar-refractivity contribution in [1.29, 1.82) is 0 Å². The van der Waals surface area contributed by atoms with Gasteiger partial charge in [-0.15, -0.1) is 0 Å². The van der Waals surface area contributed by atoms with E-state index in [0.29, 0.717) is 18.4 Å². The summed E-state index contributed by atoms with van der Waals surface area (Å²) in [7, 11) is 3.02. The van der Waals surface area contributed by atoms with Gasteiger partial charge in [0, 0.05) is 24.3 Å². The molecule has 0 bridgehead atoms. The Kier molecular flexibility index (Phi) is 2.47. The van der Waals surface area contributed by atoms with Crippen molar-refractivity contribution in [3.8, 4) is 0 Å². The lowest BCUT2D eigenvalue weighted by Crippen LogP contribution is -2.52. The monoisotopic (exact) mass is 225 g/mol. The van der Waals surface area contributed by atoms with Crippen molar-refractivity contribution < 1.29 is 14.6 Å². The molecular formula is C10H15N3O3. The number of hydrogen-bond acceptors (Lipinski definition) is 5. The number of nitrogens with two attached hydrogens (primary N) is 1. The van der Waals surface area contributed by atoms with Crippen LogP contribution in [0.15, 0.2) is 6.20 Å². The van der Waals surface area contributed by atoms with Crippen LogP contribution in [0.5, 0.6) is 0 Å². The molecule has 0 atom stereocenters. The molecule has 6 heteroatoms. The molecule has 1 saturated carbocycles. The van der Waals surface area contributed by atoms with E-state index in [1.54, 1.807) is 13.2 Å². The lowest BCUT2D eigenvalue weighted by Gasteiger charge is -2.41. The highest BCUT2D eigenvalue weighted by Crippen LogP contribution is 2.40. The topological polar surface area (TPSA) is 90.4 Å². The summed E-state index contributed by atoms with van der Waals surface area (Å²) in [6, 6.07) is 0. The average molecular weight is 225 g/mol. The highest BCUT2D eigenvalue weighted by atomic mass is 16.5. The van der Waals surface area contributed by atoms with Gasteiger partial charge in [-0.25, -0.2) is 4.79 Å². The lowest BCUT2D eigenvalue weighted by molar-refractivity contribution is 0.0196. The van der Waals surface area contributed by atoms with Gasteiger partial charge in [-0.2, -0.15) is 5.10 Å². The zero-order valence-electron chi connectivity index (χ0n) is 9.30. The minimum atomic E-state index is -0.656. The number of esters is 1. The van der Waals surface area contributed by atoms with Crippen LogP contribution in [-0.4, -0.2) is 34.1 Å². The van der Waals surface area contributed by atoms with Crippen LogP contribution in [-0.2, 0) is 17.3 Å². The summed E-state index contributed by atoms with van der Waals surface area (Å²) in [4.78, 5) is 11.5. The highest BCUT2D eigenvalue weighted by Gasteiger charge is 2.45. The van der Waals surface area contributed by atoms with E-state index in [0.717, 1.165) is 0 Å². The molecule has 1 fully saturated rings. The first-order valence-corrected chi connectivity index (χ1v) is 5.05. The molecule has 0 aromatic carbocycles. The maximum Gasteiger partial charge on any atom is 0.358 e. The Labute approximate surface area is 93.0 Å². The Bertz CT molecular complexity index is 421. The minimum Gasteiger partial charge on any atom is -0.464 e. The van der Waals surface area contributed by atoms with Gasteiger partial charge in [0.1, 0.15) is 0 Å². The molecule has 0 aliphatic heterocycles. The van der Waals surface area contributed by atoms with Crippen molar-refractivity contribution in [2.24, 2.45) is 12.8 Å². The third-order valence-electron chi connectivity index (χ3n) is 2.94. The molecule has 16 heavy (non-hydrogen) atoms. The van der Waals surface area contributed by atoms with Crippen LogP contribution in [0, 0.1) is 0 Å². The first kappa shape index (κ1) is 11.1. The molecule has 0 spiro atoms. The van der Waals surface area contributed by atoms with Crippen LogP contribution in [0.3, 0.4) is 0 Å². The van der Waals surface area contributed by atoms with Crippen LogP contribution in [0.25, 0.3) is 0 Å². The van der Waals surface area contributed by atoms with Crippen molar-refractivity contribution in [3.05, 3.63) is 17.5 Å². The Morgan fingerprint density at radius 3 is 2.88 bits per heavy atom. The summed E-state index contributed by atoms with van der Waals surface area (Å²) < 4.78 is 6.18. The van der Waals surface area contributed by atoms with E-state index in [-0.39, 0.29) is 5.69 Å². The van der Waals surface area contributed by atoms with E-state index >= 15 is 0 Å². The molecule has 1 aromatic heterocycles. The van der Waals surface area contributed by atoms with Crippen LogP contribution in [0.1, 0.15) is 28.9 Å². The van der Waals surface area contributed by atoms with Gasteiger partial charge in [-0.3, -0.25) is 4.68 Å². The fourth-order valence-corrected chi connectivity index (χ4v) is 2.10. The molecule has 0 amide bonds. The van der Waals surface area contributed by atoms with E-state index in [9.17, 15) is 9.90 Å². The number of aliphatic hydroxyl groups is 1. The zero-order chi connectivity index (χ0) is 11.9. The number of nitrogens with zero attached hydrogens (tertiary/aromatic N) is 2. The largest absolute Gasteiger partial charge is 0.464 e. The summed E-state index contributed by atoms with van der Waals surface area (Å²) in [6.07, 6.45) is 2.21. The van der Waals surface area contributed by atoms with E-state index in [2.05, 4.69) is 9.84 Å². The van der Waals surface area contributed by atoms with Gasteiger partial charge in [0.05, 0.1) is 13.2 Å². The van der Waals surface area contributed by atoms with Crippen molar-refractivity contribution in [3.63, 3.8) is 0 Å². The van der Waals surface area contributed by atoms with Gasteiger partial charge in [0.15, 0.2) is 5.69 Å². The Morgan fingerprint density at radius 2 is 2.38 bits per heavy atom. The van der Waals surface area contributed by atoms with Crippen molar-refractivity contribution in [1.82, 2.24) is 9.78 Å². The zero-order valence-corrected chi connectivity index (χ0v) is 9.30. The summed E-state index contributed by atoms with van der Waals surface area (Å²) in [5.41, 5.74) is 6.33. The Balaban J connectivity index is 2.37. The second-order valence-corrected chi connectivity index (χ2v) is 4.27. The van der Waals surface area contributed by atoms with Gasteiger partial charge >= 0.3 is 5.97 Å². The van der Waals surface area contributed by atoms with Crippen molar-refractivity contribution in [2.45, 2.75) is 24.5 Å². The first-order chi connectivity index (χ1) is 7.46. The third-order valence-corrected chi connectivity index (χ3v) is 2.94. The van der Waals surface area contributed by atoms with Gasteiger partial charge in [0.2, 0.25) is 0 Å². The minimum absolute atomic E-state index is 0.236. The molecule has 3 N–H and O–H groups in total. The molecule has 2 rings (SSSR count). The van der Waals surface area contributed by atoms with E-state index in [1.165, 1.54) is 11.8 Å². The van der Waals surface area contributed by atoms with Gasteiger partial charge < -0.3 is 15.6 Å². The molecule has 1 aromatic rings. The van der Waals surface area contributed by atoms with Gasteiger partial charge in [-0.05, 0) is 12.8 Å². The quantitative estimate of drug-likeness (QED) is 0.663. The fourth-order valence-electron chi connectivity index (χ4n) is 2.10. The molecule has 6 nitrogen and oxygen atoms in total.